The van der Waals surface area contributed by atoms with E-state index in [2.05, 4.69) is 39.5 Å². The van der Waals surface area contributed by atoms with Crippen LogP contribution in [0.25, 0.3) is 33.8 Å². The summed E-state index contributed by atoms with van der Waals surface area (Å²) in [6.45, 7) is 0.653. The van der Waals surface area contributed by atoms with E-state index in [0.29, 0.717) is 6.61 Å². The third-order valence-electron chi connectivity index (χ3n) is 4.50. The molecule has 5 nitrogen and oxygen atoms in total. The van der Waals surface area contributed by atoms with Crippen LogP contribution in [0, 0.1) is 0 Å². The second-order valence-corrected chi connectivity index (χ2v) is 6.11. The number of fused-ring (bicyclic) bond motifs is 2. The number of para-hydroxylation sites is 1. The van der Waals surface area contributed by atoms with Crippen molar-refractivity contribution in [2.24, 2.45) is 0 Å². The largest absolute Gasteiger partial charge is 0.493 e. The van der Waals surface area contributed by atoms with Gasteiger partial charge in [-0.1, -0.05) is 24.3 Å². The number of aromatic nitrogens is 4. The maximum absolute atomic E-state index is 5.84. The molecule has 122 valence electrons. The molecule has 25 heavy (non-hydrogen) atoms. The maximum atomic E-state index is 5.84. The Morgan fingerprint density at radius 1 is 1.04 bits per heavy atom. The van der Waals surface area contributed by atoms with Gasteiger partial charge in [0.15, 0.2) is 0 Å². The van der Waals surface area contributed by atoms with Crippen molar-refractivity contribution in [1.29, 1.82) is 0 Å². The van der Waals surface area contributed by atoms with Crippen LogP contribution in [0.5, 0.6) is 5.75 Å². The highest BCUT2D eigenvalue weighted by Gasteiger charge is 2.14. The van der Waals surface area contributed by atoms with E-state index in [4.69, 9.17) is 9.72 Å². The average molecular weight is 328 g/mol. The zero-order valence-electron chi connectivity index (χ0n) is 13.5. The van der Waals surface area contributed by atoms with Gasteiger partial charge in [-0.05, 0) is 35.4 Å². The van der Waals surface area contributed by atoms with Gasteiger partial charge in [-0.2, -0.15) is 5.10 Å². The van der Waals surface area contributed by atoms with Gasteiger partial charge in [0.25, 0.3) is 0 Å². The molecule has 0 saturated carbocycles. The first-order chi connectivity index (χ1) is 12.4. The van der Waals surface area contributed by atoms with Crippen molar-refractivity contribution in [3.8, 4) is 16.9 Å². The molecule has 0 aliphatic carbocycles. The van der Waals surface area contributed by atoms with E-state index in [0.717, 1.165) is 51.3 Å². The van der Waals surface area contributed by atoms with E-state index in [1.807, 2.05) is 36.7 Å². The molecule has 0 radical (unpaired) electrons. The van der Waals surface area contributed by atoms with Crippen LogP contribution in [0.1, 0.15) is 17.8 Å². The quantitative estimate of drug-likeness (QED) is 0.577. The Morgan fingerprint density at radius 3 is 2.92 bits per heavy atom. The van der Waals surface area contributed by atoms with E-state index in [1.54, 1.807) is 0 Å². The molecular weight excluding hydrogens is 312 g/mol. The number of rotatable bonds is 2. The number of ether oxygens (including phenoxy) is 1. The number of imidazole rings is 1. The summed E-state index contributed by atoms with van der Waals surface area (Å²) in [5.74, 6) is 1.83. The van der Waals surface area contributed by atoms with Crippen molar-refractivity contribution in [3.63, 3.8) is 0 Å². The molecule has 0 spiro atoms. The molecule has 0 amide bonds. The lowest BCUT2D eigenvalue weighted by Gasteiger charge is -2.04. The van der Waals surface area contributed by atoms with Crippen molar-refractivity contribution in [3.05, 3.63) is 66.2 Å². The summed E-state index contributed by atoms with van der Waals surface area (Å²) >= 11 is 0. The number of hydrogen-bond donors (Lipinski definition) is 2. The van der Waals surface area contributed by atoms with Crippen molar-refractivity contribution in [2.45, 2.75) is 6.42 Å². The van der Waals surface area contributed by atoms with E-state index < -0.39 is 0 Å². The number of H-pyrrole nitrogens is 2. The summed E-state index contributed by atoms with van der Waals surface area (Å²) in [6, 6.07) is 14.3. The molecule has 3 heterocycles. The molecular formula is C20H16N4O. The van der Waals surface area contributed by atoms with Crippen LogP contribution in [0.3, 0.4) is 0 Å². The molecule has 0 saturated heterocycles. The smallest absolute Gasteiger partial charge is 0.134 e. The highest BCUT2D eigenvalue weighted by atomic mass is 16.5. The summed E-state index contributed by atoms with van der Waals surface area (Å²) in [7, 11) is 0. The molecule has 5 rings (SSSR count). The second-order valence-electron chi connectivity index (χ2n) is 6.11. The predicted molar refractivity (Wildman–Crippen MR) is 98.1 cm³/mol. The Labute approximate surface area is 144 Å². The lowest BCUT2D eigenvalue weighted by atomic mass is 10.1. The number of aromatic amines is 2. The highest BCUT2D eigenvalue weighted by molar-refractivity contribution is 5.87. The van der Waals surface area contributed by atoms with E-state index in [-0.39, 0.29) is 0 Å². The number of hydrogen-bond acceptors (Lipinski definition) is 3. The first-order valence-electron chi connectivity index (χ1n) is 8.28. The zero-order valence-corrected chi connectivity index (χ0v) is 13.5. The lowest BCUT2D eigenvalue weighted by Crippen LogP contribution is -1.97. The molecule has 4 aromatic rings. The van der Waals surface area contributed by atoms with Crippen molar-refractivity contribution >= 4 is 22.7 Å². The van der Waals surface area contributed by atoms with Crippen LogP contribution in [-0.2, 0) is 0 Å². The van der Waals surface area contributed by atoms with Crippen molar-refractivity contribution in [1.82, 2.24) is 20.2 Å². The Morgan fingerprint density at radius 2 is 2.00 bits per heavy atom. The summed E-state index contributed by atoms with van der Waals surface area (Å²) in [6.07, 6.45) is 6.70. The Balaban J connectivity index is 1.58. The van der Waals surface area contributed by atoms with E-state index in [9.17, 15) is 0 Å². The topological polar surface area (TPSA) is 66.6 Å². The Kier molecular flexibility index (Phi) is 3.16. The van der Waals surface area contributed by atoms with Crippen LogP contribution >= 0.6 is 0 Å². The second kappa shape index (κ2) is 5.63. The maximum Gasteiger partial charge on any atom is 0.134 e. The summed E-state index contributed by atoms with van der Waals surface area (Å²) in [5, 5.41) is 6.87. The molecule has 0 fully saturated rings. The Hall–Kier alpha value is -3.34. The SMILES string of the molecule is C1=C(c2nc3ccc(-c4cn[nH]c4)cc3[nH]2)CCOc2ccccc21. The van der Waals surface area contributed by atoms with E-state index >= 15 is 0 Å². The van der Waals surface area contributed by atoms with Gasteiger partial charge in [-0.15, -0.1) is 0 Å². The molecule has 1 aliphatic heterocycles. The van der Waals surface area contributed by atoms with Gasteiger partial charge in [0.2, 0.25) is 0 Å². The van der Waals surface area contributed by atoms with Gasteiger partial charge in [-0.3, -0.25) is 5.10 Å². The van der Waals surface area contributed by atoms with Gasteiger partial charge in [0, 0.05) is 23.7 Å². The van der Waals surface area contributed by atoms with E-state index in [1.165, 1.54) is 0 Å². The minimum Gasteiger partial charge on any atom is -0.493 e. The monoisotopic (exact) mass is 328 g/mol. The molecule has 2 N–H and O–H groups in total. The number of benzene rings is 2. The first kappa shape index (κ1) is 14.0. The molecule has 0 unspecified atom stereocenters. The molecule has 0 bridgehead atoms. The van der Waals surface area contributed by atoms with Crippen LogP contribution < -0.4 is 4.74 Å². The first-order valence-corrected chi connectivity index (χ1v) is 8.28. The van der Waals surface area contributed by atoms with Gasteiger partial charge in [0.05, 0.1) is 23.8 Å². The lowest BCUT2D eigenvalue weighted by molar-refractivity contribution is 0.328. The summed E-state index contributed by atoms with van der Waals surface area (Å²) in [5.41, 5.74) is 6.41. The molecule has 5 heteroatoms. The standard InChI is InChI=1S/C20H16N4O/c1-2-4-19-14(3-1)9-15(7-8-25-19)20-23-17-6-5-13(10-18(17)24-20)16-11-21-22-12-16/h1-6,9-12H,7-8H2,(H,21,22)(H,23,24). The fourth-order valence-electron chi connectivity index (χ4n) is 3.20. The minimum absolute atomic E-state index is 0.653. The van der Waals surface area contributed by atoms with Gasteiger partial charge in [0.1, 0.15) is 11.6 Å². The van der Waals surface area contributed by atoms with Crippen molar-refractivity contribution < 1.29 is 4.74 Å². The van der Waals surface area contributed by atoms with Crippen LogP contribution in [0.15, 0.2) is 54.9 Å². The van der Waals surface area contributed by atoms with Gasteiger partial charge >= 0.3 is 0 Å². The molecule has 0 atom stereocenters. The number of nitrogens with one attached hydrogen (secondary N) is 2. The van der Waals surface area contributed by atoms with Crippen LogP contribution in [0.4, 0.5) is 0 Å². The fraction of sp³-hybridized carbons (Fsp3) is 0.100. The Bertz CT molecular complexity index is 1080. The fourth-order valence-corrected chi connectivity index (χ4v) is 3.20. The molecule has 2 aromatic carbocycles. The van der Waals surface area contributed by atoms with Crippen LogP contribution in [-0.4, -0.2) is 26.8 Å². The summed E-state index contributed by atoms with van der Waals surface area (Å²) in [4.78, 5) is 8.23. The zero-order chi connectivity index (χ0) is 16.6. The number of nitrogens with zero attached hydrogens (tertiary/aromatic N) is 2. The van der Waals surface area contributed by atoms with Crippen LogP contribution in [0.2, 0.25) is 0 Å². The predicted octanol–water partition coefficient (Wildman–Crippen LogP) is 4.28. The van der Waals surface area contributed by atoms with Gasteiger partial charge in [-0.25, -0.2) is 4.98 Å². The summed E-state index contributed by atoms with van der Waals surface area (Å²) < 4.78 is 5.84. The van der Waals surface area contributed by atoms with Crippen molar-refractivity contribution in [2.75, 3.05) is 6.61 Å². The average Bonchev–Trinajstić information content (AvgIpc) is 3.26. The third kappa shape index (κ3) is 2.50. The molecule has 2 aromatic heterocycles. The molecule has 1 aliphatic rings. The minimum atomic E-state index is 0.653. The highest BCUT2D eigenvalue weighted by Crippen LogP contribution is 2.30. The van der Waals surface area contributed by atoms with Gasteiger partial charge < -0.3 is 9.72 Å². The normalized spacial score (nSPS) is 13.8. The third-order valence-corrected chi connectivity index (χ3v) is 4.50.